The highest BCUT2D eigenvalue weighted by Gasteiger charge is 2.37. The summed E-state index contributed by atoms with van der Waals surface area (Å²) in [7, 11) is 1.13. The highest BCUT2D eigenvalue weighted by Crippen LogP contribution is 2.43. The number of halogens is 3. The first kappa shape index (κ1) is 30.0. The molecule has 212 valence electrons. The summed E-state index contributed by atoms with van der Waals surface area (Å²) < 4.78 is 67.4. The number of aliphatic hydroxyl groups is 1. The highest BCUT2D eigenvalue weighted by molar-refractivity contribution is 7.42. The lowest BCUT2D eigenvalue weighted by Gasteiger charge is -2.20. The van der Waals surface area contributed by atoms with Gasteiger partial charge in [-0.3, -0.25) is 18.9 Å². The lowest BCUT2D eigenvalue weighted by atomic mass is 10.2. The molecule has 3 atom stereocenters. The standard InChI is InChI=1S/C23H24FN2O9P.CH2F2/c1-30-14-3-7-16(8-4-14)34-36(35-17-9-5-15(31-2)6-10-17)32-13-18-11-20(27)22(33-18)26-12-19(24)21(28)25-23(26)29;2-1-3/h3-10,12,18,20,22,27H,11,13H2,1-2H3,(H,25,28,29);1H2. The van der Waals surface area contributed by atoms with Crippen molar-refractivity contribution in [1.82, 2.24) is 9.55 Å². The van der Waals surface area contributed by atoms with Crippen molar-refractivity contribution in [3.05, 3.63) is 81.4 Å². The van der Waals surface area contributed by atoms with Gasteiger partial charge in [0.15, 0.2) is 6.23 Å². The molecule has 39 heavy (non-hydrogen) atoms. The normalized spacial score (nSPS) is 18.3. The predicted octanol–water partition coefficient (Wildman–Crippen LogP) is 3.63. The van der Waals surface area contributed by atoms with Crippen LogP contribution in [-0.4, -0.2) is 54.6 Å². The first-order valence-electron chi connectivity index (χ1n) is 11.3. The van der Waals surface area contributed by atoms with Crippen LogP contribution in [0.15, 0.2) is 64.3 Å². The molecule has 4 rings (SSSR count). The van der Waals surface area contributed by atoms with E-state index in [4.69, 9.17) is 27.8 Å². The fourth-order valence-corrected chi connectivity index (χ4v) is 4.42. The maximum absolute atomic E-state index is 13.7. The van der Waals surface area contributed by atoms with E-state index < -0.39 is 51.0 Å². The summed E-state index contributed by atoms with van der Waals surface area (Å²) >= 11 is 0. The summed E-state index contributed by atoms with van der Waals surface area (Å²) in [5, 5.41) is 10.4. The van der Waals surface area contributed by atoms with Gasteiger partial charge in [-0.2, -0.15) is 4.39 Å². The maximum Gasteiger partial charge on any atom is 0.463 e. The molecule has 1 saturated heterocycles. The first-order chi connectivity index (χ1) is 18.8. The van der Waals surface area contributed by atoms with Gasteiger partial charge in [-0.05, 0) is 48.5 Å². The summed E-state index contributed by atoms with van der Waals surface area (Å²) in [5.41, 5.74) is -2.06. The van der Waals surface area contributed by atoms with Crippen molar-refractivity contribution < 1.29 is 46.1 Å². The molecule has 3 unspecified atom stereocenters. The SMILES string of the molecule is COc1ccc(OP(OCC2CC(O)C(n3cc(F)c(=O)[nH]c3=O)O2)Oc2ccc(OC)cc2)cc1.FCF. The number of ether oxygens (including phenoxy) is 3. The fourth-order valence-electron chi connectivity index (χ4n) is 3.40. The van der Waals surface area contributed by atoms with E-state index >= 15 is 0 Å². The second-order valence-electron chi connectivity index (χ2n) is 7.75. The van der Waals surface area contributed by atoms with Crippen molar-refractivity contribution >= 4 is 8.60 Å². The van der Waals surface area contributed by atoms with Crippen LogP contribution in [-0.2, 0) is 9.26 Å². The molecule has 1 aliphatic rings. The van der Waals surface area contributed by atoms with Gasteiger partial charge < -0.3 is 28.4 Å². The van der Waals surface area contributed by atoms with Crippen molar-refractivity contribution in [1.29, 1.82) is 0 Å². The van der Waals surface area contributed by atoms with E-state index in [-0.39, 0.29) is 13.0 Å². The van der Waals surface area contributed by atoms with Crippen LogP contribution in [0, 0.1) is 5.82 Å². The van der Waals surface area contributed by atoms with Gasteiger partial charge in [0.2, 0.25) is 12.7 Å². The number of nitrogens with one attached hydrogen (secondary N) is 1. The summed E-state index contributed by atoms with van der Waals surface area (Å²) in [6.07, 6.45) is -2.22. The van der Waals surface area contributed by atoms with Gasteiger partial charge in [0.25, 0.3) is 5.56 Å². The molecule has 2 heterocycles. The first-order valence-corrected chi connectivity index (χ1v) is 12.4. The van der Waals surface area contributed by atoms with Crippen LogP contribution in [0.4, 0.5) is 13.2 Å². The van der Waals surface area contributed by atoms with E-state index in [1.807, 2.05) is 4.98 Å². The zero-order valence-corrected chi connectivity index (χ0v) is 21.7. The third kappa shape index (κ3) is 8.45. The van der Waals surface area contributed by atoms with Gasteiger partial charge >= 0.3 is 14.3 Å². The number of aromatic nitrogens is 2. The van der Waals surface area contributed by atoms with Crippen LogP contribution in [0.5, 0.6) is 23.0 Å². The number of hydrogen-bond donors (Lipinski definition) is 2. The van der Waals surface area contributed by atoms with Crippen molar-refractivity contribution in [3.8, 4) is 23.0 Å². The summed E-state index contributed by atoms with van der Waals surface area (Å²) in [4.78, 5) is 25.2. The number of aliphatic hydroxyl groups excluding tert-OH is 1. The summed E-state index contributed by atoms with van der Waals surface area (Å²) in [6, 6.07) is 13.7. The van der Waals surface area contributed by atoms with E-state index in [0.29, 0.717) is 29.2 Å². The van der Waals surface area contributed by atoms with Gasteiger partial charge in [-0.25, -0.2) is 13.6 Å². The number of hydrogen-bond acceptors (Lipinski definition) is 9. The largest absolute Gasteiger partial charge is 0.497 e. The van der Waals surface area contributed by atoms with Crippen LogP contribution >= 0.6 is 8.60 Å². The van der Waals surface area contributed by atoms with Crippen molar-refractivity contribution in [2.45, 2.75) is 24.9 Å². The van der Waals surface area contributed by atoms with Crippen molar-refractivity contribution in [3.63, 3.8) is 0 Å². The molecule has 0 bridgehead atoms. The van der Waals surface area contributed by atoms with Gasteiger partial charge in [0, 0.05) is 6.42 Å². The smallest absolute Gasteiger partial charge is 0.463 e. The molecule has 1 fully saturated rings. The number of alkyl halides is 2. The van der Waals surface area contributed by atoms with E-state index in [1.54, 1.807) is 62.8 Å². The predicted molar refractivity (Wildman–Crippen MR) is 133 cm³/mol. The van der Waals surface area contributed by atoms with Gasteiger partial charge in [-0.15, -0.1) is 0 Å². The monoisotopic (exact) mass is 574 g/mol. The lowest BCUT2D eigenvalue weighted by Crippen LogP contribution is -2.36. The Hall–Kier alpha value is -3.58. The lowest BCUT2D eigenvalue weighted by molar-refractivity contribution is -0.0513. The Bertz CT molecular complexity index is 1240. The third-order valence-electron chi connectivity index (χ3n) is 5.21. The Morgan fingerprint density at radius 2 is 1.46 bits per heavy atom. The quantitative estimate of drug-likeness (QED) is 0.349. The van der Waals surface area contributed by atoms with Crippen molar-refractivity contribution in [2.75, 3.05) is 27.8 Å². The molecule has 1 aromatic heterocycles. The molecule has 3 aromatic rings. The van der Waals surface area contributed by atoms with Crippen LogP contribution < -0.4 is 29.8 Å². The minimum atomic E-state index is -1.97. The van der Waals surface area contributed by atoms with Gasteiger partial charge in [0.1, 0.15) is 29.1 Å². The molecular weight excluding hydrogens is 548 g/mol. The molecule has 2 aromatic carbocycles. The van der Waals surface area contributed by atoms with E-state index in [2.05, 4.69) is 0 Å². The van der Waals surface area contributed by atoms with Crippen LogP contribution in [0.25, 0.3) is 0 Å². The highest BCUT2D eigenvalue weighted by atomic mass is 31.2. The average Bonchev–Trinajstić information content (AvgIpc) is 3.30. The van der Waals surface area contributed by atoms with Gasteiger partial charge in [0.05, 0.1) is 33.1 Å². The number of methoxy groups -OCH3 is 2. The molecule has 2 N–H and O–H groups in total. The fraction of sp³-hybridized carbons (Fsp3) is 0.333. The Morgan fingerprint density at radius 3 is 1.95 bits per heavy atom. The molecule has 11 nitrogen and oxygen atoms in total. The summed E-state index contributed by atoms with van der Waals surface area (Å²) in [5.74, 6) is 1.07. The molecular formula is C24H26F3N2O9P. The number of rotatable bonds is 10. The van der Waals surface area contributed by atoms with E-state index in [0.717, 1.165) is 4.57 Å². The molecule has 1 aliphatic heterocycles. The second kappa shape index (κ2) is 14.5. The molecule has 0 aliphatic carbocycles. The summed E-state index contributed by atoms with van der Waals surface area (Å²) in [6.45, 7) is -1.81. The van der Waals surface area contributed by atoms with Crippen LogP contribution in [0.3, 0.4) is 0 Å². The Kier molecular flexibility index (Phi) is 11.2. The molecule has 0 radical (unpaired) electrons. The minimum Gasteiger partial charge on any atom is -0.497 e. The van der Waals surface area contributed by atoms with E-state index in [9.17, 15) is 27.9 Å². The van der Waals surface area contributed by atoms with E-state index in [1.165, 1.54) is 0 Å². The zero-order chi connectivity index (χ0) is 28.4. The average molecular weight is 574 g/mol. The number of benzene rings is 2. The van der Waals surface area contributed by atoms with Crippen LogP contribution in [0.1, 0.15) is 12.6 Å². The number of aromatic amines is 1. The Balaban J connectivity index is 0.00000134. The molecule has 15 heteroatoms. The Morgan fingerprint density at radius 1 is 0.974 bits per heavy atom. The minimum absolute atomic E-state index is 0.0633. The number of H-pyrrole nitrogens is 1. The second-order valence-corrected chi connectivity index (χ2v) is 8.82. The molecule has 0 amide bonds. The molecule has 0 spiro atoms. The topological polar surface area (TPSA) is 130 Å². The third-order valence-corrected chi connectivity index (χ3v) is 6.29. The maximum atomic E-state index is 13.7. The van der Waals surface area contributed by atoms with Crippen molar-refractivity contribution in [2.24, 2.45) is 0 Å². The molecule has 0 saturated carbocycles. The number of nitrogens with zero attached hydrogens (tertiary/aromatic N) is 1. The zero-order valence-electron chi connectivity index (χ0n) is 20.8. The Labute approximate surface area is 221 Å². The van der Waals surface area contributed by atoms with Gasteiger partial charge in [-0.1, -0.05) is 0 Å². The van der Waals surface area contributed by atoms with Crippen LogP contribution in [0.2, 0.25) is 0 Å².